The Bertz CT molecular complexity index is 1350. The number of ether oxygens (including phenoxy) is 1. The van der Waals surface area contributed by atoms with Crippen LogP contribution in [0, 0.1) is 0 Å². The number of rotatable bonds is 7. The smallest absolute Gasteiger partial charge is 0.261 e. The number of carbonyl (C=O) groups is 2. The Morgan fingerprint density at radius 3 is 2.44 bits per heavy atom. The molecule has 5 rings (SSSR count). The number of fused-ring (bicyclic) bond motifs is 1. The van der Waals surface area contributed by atoms with Crippen LogP contribution in [-0.2, 0) is 6.54 Å². The molecule has 3 heterocycles. The number of hydrogen-bond acceptors (Lipinski definition) is 7. The maximum absolute atomic E-state index is 12.9. The van der Waals surface area contributed by atoms with Crippen LogP contribution in [0.4, 0.5) is 11.5 Å². The molecule has 0 spiro atoms. The van der Waals surface area contributed by atoms with E-state index in [2.05, 4.69) is 37.7 Å². The first kappa shape index (κ1) is 23.8. The van der Waals surface area contributed by atoms with Crippen LogP contribution in [0.1, 0.15) is 25.6 Å². The molecule has 1 fully saturated rings. The molecule has 1 aliphatic heterocycles. The quantitative estimate of drug-likeness (QED) is 0.356. The van der Waals surface area contributed by atoms with Crippen molar-refractivity contribution in [3.8, 4) is 5.75 Å². The van der Waals surface area contributed by atoms with Gasteiger partial charge >= 0.3 is 0 Å². The lowest BCUT2D eigenvalue weighted by atomic mass is 10.1. The molecule has 0 unspecified atom stereocenters. The Kier molecular flexibility index (Phi) is 6.88. The van der Waals surface area contributed by atoms with E-state index in [0.717, 1.165) is 47.9 Å². The number of piperazine rings is 1. The van der Waals surface area contributed by atoms with Gasteiger partial charge in [0.25, 0.3) is 11.8 Å². The molecule has 36 heavy (non-hydrogen) atoms. The van der Waals surface area contributed by atoms with Crippen molar-refractivity contribution < 1.29 is 14.3 Å². The Morgan fingerprint density at radius 1 is 1.03 bits per heavy atom. The van der Waals surface area contributed by atoms with Crippen LogP contribution in [-0.4, -0.2) is 67.2 Å². The van der Waals surface area contributed by atoms with Crippen molar-refractivity contribution in [3.05, 3.63) is 70.6 Å². The fraction of sp³-hybridized carbons (Fsp3) is 0.269. The Hall–Kier alpha value is -3.89. The zero-order chi connectivity index (χ0) is 25.1. The molecule has 1 saturated heterocycles. The number of amides is 2. The summed E-state index contributed by atoms with van der Waals surface area (Å²) in [5, 5.41) is 12.9. The third-order valence-corrected chi connectivity index (χ3v) is 7.44. The van der Waals surface area contributed by atoms with Gasteiger partial charge in [-0.1, -0.05) is 12.1 Å². The third kappa shape index (κ3) is 5.19. The topological polar surface area (TPSA) is 103 Å². The predicted octanol–water partition coefficient (Wildman–Crippen LogP) is 3.57. The molecular weight excluding hydrogens is 476 g/mol. The number of nitrogens with one attached hydrogen (secondary N) is 3. The van der Waals surface area contributed by atoms with Crippen molar-refractivity contribution in [1.29, 1.82) is 0 Å². The lowest BCUT2D eigenvalue weighted by Gasteiger charge is -2.34. The van der Waals surface area contributed by atoms with Crippen molar-refractivity contribution in [2.75, 3.05) is 50.6 Å². The number of hydrogen-bond donors (Lipinski definition) is 3. The summed E-state index contributed by atoms with van der Waals surface area (Å²) in [7, 11) is 3.74. The standard InChI is InChI=1S/C26H28N6O3S/c1-31-11-13-32(14-12-31)19-7-5-18(6-8-19)25(33)28-24-23-21(29-30-24)15-22(36-23)26(34)27-16-17-3-9-20(35-2)10-4-17/h3-10,15H,11-14,16H2,1-2H3,(H,27,34)(H2,28,29,30,33). The lowest BCUT2D eigenvalue weighted by Crippen LogP contribution is -2.44. The van der Waals surface area contributed by atoms with Gasteiger partial charge in [0.05, 0.1) is 22.2 Å². The van der Waals surface area contributed by atoms with Gasteiger partial charge in [-0.25, -0.2) is 0 Å². The number of thiophene rings is 1. The van der Waals surface area contributed by atoms with Crippen LogP contribution >= 0.6 is 11.3 Å². The van der Waals surface area contributed by atoms with Crippen LogP contribution in [0.5, 0.6) is 5.75 Å². The van der Waals surface area contributed by atoms with E-state index in [-0.39, 0.29) is 11.8 Å². The fourth-order valence-electron chi connectivity index (χ4n) is 4.09. The number of likely N-dealkylation sites (N-methyl/N-ethyl adjacent to an activating group) is 1. The van der Waals surface area contributed by atoms with E-state index in [0.29, 0.717) is 28.3 Å². The zero-order valence-corrected chi connectivity index (χ0v) is 21.0. The van der Waals surface area contributed by atoms with Gasteiger partial charge in [-0.15, -0.1) is 11.3 Å². The average molecular weight is 505 g/mol. The first-order chi connectivity index (χ1) is 17.5. The van der Waals surface area contributed by atoms with Crippen molar-refractivity contribution in [1.82, 2.24) is 20.4 Å². The molecule has 186 valence electrons. The van der Waals surface area contributed by atoms with Gasteiger partial charge in [0.1, 0.15) is 5.75 Å². The van der Waals surface area contributed by atoms with E-state index < -0.39 is 0 Å². The number of benzene rings is 2. The molecule has 3 N–H and O–H groups in total. The van der Waals surface area contributed by atoms with Crippen LogP contribution < -0.4 is 20.3 Å². The zero-order valence-electron chi connectivity index (χ0n) is 20.2. The highest BCUT2D eigenvalue weighted by molar-refractivity contribution is 7.21. The van der Waals surface area contributed by atoms with E-state index in [1.165, 1.54) is 11.3 Å². The highest BCUT2D eigenvalue weighted by atomic mass is 32.1. The summed E-state index contributed by atoms with van der Waals surface area (Å²) in [6, 6.07) is 16.9. The molecular formula is C26H28N6O3S. The van der Waals surface area contributed by atoms with E-state index >= 15 is 0 Å². The normalized spacial score (nSPS) is 14.1. The first-order valence-electron chi connectivity index (χ1n) is 11.7. The minimum absolute atomic E-state index is 0.183. The number of anilines is 2. The Morgan fingerprint density at radius 2 is 1.75 bits per heavy atom. The summed E-state index contributed by atoms with van der Waals surface area (Å²) in [5.41, 5.74) is 3.35. The molecule has 9 nitrogen and oxygen atoms in total. The number of methoxy groups -OCH3 is 1. The van der Waals surface area contributed by atoms with Gasteiger partial charge in [0, 0.05) is 44.0 Å². The van der Waals surface area contributed by atoms with E-state index in [1.807, 2.05) is 48.5 Å². The summed E-state index contributed by atoms with van der Waals surface area (Å²) in [5.74, 6) is 0.757. The number of nitrogens with zero attached hydrogens (tertiary/aromatic N) is 3. The monoisotopic (exact) mass is 504 g/mol. The molecule has 0 aliphatic carbocycles. The van der Waals surface area contributed by atoms with E-state index in [1.54, 1.807) is 13.2 Å². The summed E-state index contributed by atoms with van der Waals surface area (Å²) >= 11 is 1.29. The van der Waals surface area contributed by atoms with Crippen LogP contribution in [0.25, 0.3) is 10.2 Å². The molecule has 1 aliphatic rings. The predicted molar refractivity (Wildman–Crippen MR) is 142 cm³/mol. The van der Waals surface area contributed by atoms with E-state index in [9.17, 15) is 9.59 Å². The summed E-state index contributed by atoms with van der Waals surface area (Å²) < 4.78 is 5.89. The van der Waals surface area contributed by atoms with Crippen LogP contribution in [0.3, 0.4) is 0 Å². The summed E-state index contributed by atoms with van der Waals surface area (Å²) in [6.07, 6.45) is 0. The number of H-pyrrole nitrogens is 1. The van der Waals surface area contributed by atoms with Crippen LogP contribution in [0.15, 0.2) is 54.6 Å². The molecule has 2 amide bonds. The van der Waals surface area contributed by atoms with Gasteiger partial charge in [0.15, 0.2) is 5.82 Å². The number of aromatic nitrogens is 2. The van der Waals surface area contributed by atoms with Crippen molar-refractivity contribution in [2.45, 2.75) is 6.54 Å². The minimum Gasteiger partial charge on any atom is -0.497 e. The second-order valence-electron chi connectivity index (χ2n) is 8.75. The molecule has 0 atom stereocenters. The van der Waals surface area contributed by atoms with Gasteiger partial charge in [-0.2, -0.15) is 5.10 Å². The molecule has 4 aromatic rings. The lowest BCUT2D eigenvalue weighted by molar-refractivity contribution is 0.0954. The number of aromatic amines is 1. The highest BCUT2D eigenvalue weighted by Crippen LogP contribution is 2.30. The fourth-order valence-corrected chi connectivity index (χ4v) is 5.06. The van der Waals surface area contributed by atoms with Crippen molar-refractivity contribution in [2.24, 2.45) is 0 Å². The van der Waals surface area contributed by atoms with Gasteiger partial charge < -0.3 is 25.2 Å². The minimum atomic E-state index is -0.243. The van der Waals surface area contributed by atoms with Crippen molar-refractivity contribution >= 4 is 44.9 Å². The van der Waals surface area contributed by atoms with Crippen LogP contribution in [0.2, 0.25) is 0 Å². The second-order valence-corrected chi connectivity index (χ2v) is 9.80. The maximum Gasteiger partial charge on any atom is 0.261 e. The van der Waals surface area contributed by atoms with Crippen molar-refractivity contribution in [3.63, 3.8) is 0 Å². The van der Waals surface area contributed by atoms with E-state index in [4.69, 9.17) is 4.74 Å². The molecule has 2 aromatic heterocycles. The van der Waals surface area contributed by atoms with Gasteiger partial charge in [0.2, 0.25) is 0 Å². The molecule has 0 bridgehead atoms. The molecule has 2 aromatic carbocycles. The Balaban J connectivity index is 1.21. The average Bonchev–Trinajstić information content (AvgIpc) is 3.50. The highest BCUT2D eigenvalue weighted by Gasteiger charge is 2.18. The Labute approximate surface area is 213 Å². The molecule has 10 heteroatoms. The van der Waals surface area contributed by atoms with Gasteiger partial charge in [-0.05, 0) is 55.1 Å². The first-order valence-corrected chi connectivity index (χ1v) is 12.6. The third-order valence-electron chi connectivity index (χ3n) is 6.30. The number of carbonyl (C=O) groups excluding carboxylic acids is 2. The molecule has 0 radical (unpaired) electrons. The summed E-state index contributed by atoms with van der Waals surface area (Å²) in [6.45, 7) is 4.41. The van der Waals surface area contributed by atoms with Gasteiger partial charge in [-0.3, -0.25) is 14.7 Å². The molecule has 0 saturated carbocycles. The SMILES string of the molecule is COc1ccc(CNC(=O)c2cc3[nH]nc(NC(=O)c4ccc(N5CCN(C)CC5)cc4)c3s2)cc1. The second kappa shape index (κ2) is 10.4. The largest absolute Gasteiger partial charge is 0.497 e. The maximum atomic E-state index is 12.9. The summed E-state index contributed by atoms with van der Waals surface area (Å²) in [4.78, 5) is 30.7.